The summed E-state index contributed by atoms with van der Waals surface area (Å²) in [6.07, 6.45) is 12.3. The van der Waals surface area contributed by atoms with E-state index in [9.17, 15) is 10.1 Å². The molecule has 196 valence electrons. The van der Waals surface area contributed by atoms with Gasteiger partial charge in [-0.2, -0.15) is 0 Å². The topological polar surface area (TPSA) is 100 Å². The van der Waals surface area contributed by atoms with Gasteiger partial charge in [-0.1, -0.05) is 45.1 Å². The van der Waals surface area contributed by atoms with Crippen LogP contribution in [0.3, 0.4) is 0 Å². The summed E-state index contributed by atoms with van der Waals surface area (Å²) in [6.45, 7) is 7.82. The summed E-state index contributed by atoms with van der Waals surface area (Å²) in [4.78, 5) is 25.7. The summed E-state index contributed by atoms with van der Waals surface area (Å²) in [6, 6.07) is 0. The summed E-state index contributed by atoms with van der Waals surface area (Å²) in [5.74, 6) is 0.162. The van der Waals surface area contributed by atoms with Crippen LogP contribution in [-0.2, 0) is 29.5 Å². The standard InChI is InChI=1S/C26H34N2O6S2/c1-17(2)10-8-9-13-26(4,34-30)25-28-20(16-36-25)24-27-19(15-35-24)11-12-21(31-5)18(3)22(32-6)14-23(29)33-7/h8-18,21,30H,1-7H3/b10-8+,12-11+,13-9+,22-14+/t18-,21+,26?/m1/s1. The van der Waals surface area contributed by atoms with E-state index in [2.05, 4.69) is 28.6 Å². The van der Waals surface area contributed by atoms with Crippen LogP contribution in [0.4, 0.5) is 0 Å². The Morgan fingerprint density at radius 1 is 1.06 bits per heavy atom. The maximum absolute atomic E-state index is 11.6. The van der Waals surface area contributed by atoms with E-state index in [1.807, 2.05) is 48.1 Å². The van der Waals surface area contributed by atoms with Gasteiger partial charge in [0.05, 0.1) is 32.1 Å². The summed E-state index contributed by atoms with van der Waals surface area (Å²) in [5, 5.41) is 14.7. The number of ether oxygens (including phenoxy) is 3. The molecule has 2 aromatic rings. The number of methoxy groups -OCH3 is 3. The number of aromatic nitrogens is 2. The number of nitrogens with zero attached hydrogens (tertiary/aromatic N) is 2. The predicted octanol–water partition coefficient (Wildman–Crippen LogP) is 6.11. The average molecular weight is 535 g/mol. The maximum Gasteiger partial charge on any atom is 0.333 e. The summed E-state index contributed by atoms with van der Waals surface area (Å²) in [7, 11) is 4.41. The van der Waals surface area contributed by atoms with Gasteiger partial charge in [-0.3, -0.25) is 5.26 Å². The van der Waals surface area contributed by atoms with Crippen molar-refractivity contribution in [2.24, 2.45) is 11.8 Å². The second kappa shape index (κ2) is 14.2. The molecule has 0 aliphatic heterocycles. The Labute approximate surface area is 220 Å². The van der Waals surface area contributed by atoms with Gasteiger partial charge in [0.2, 0.25) is 0 Å². The van der Waals surface area contributed by atoms with Crippen LogP contribution >= 0.6 is 22.7 Å². The fourth-order valence-corrected chi connectivity index (χ4v) is 4.80. The Morgan fingerprint density at radius 3 is 2.42 bits per heavy atom. The molecular formula is C26H34N2O6S2. The summed E-state index contributed by atoms with van der Waals surface area (Å²) < 4.78 is 15.6. The molecule has 2 heterocycles. The molecule has 0 saturated carbocycles. The highest BCUT2D eigenvalue weighted by Crippen LogP contribution is 2.33. The number of carbonyl (C=O) groups is 1. The largest absolute Gasteiger partial charge is 0.500 e. The molecule has 2 rings (SSSR count). The van der Waals surface area contributed by atoms with Crippen molar-refractivity contribution in [2.45, 2.75) is 39.4 Å². The van der Waals surface area contributed by atoms with Crippen LogP contribution in [0.5, 0.6) is 0 Å². The first kappa shape index (κ1) is 29.6. The van der Waals surface area contributed by atoms with Crippen molar-refractivity contribution >= 4 is 34.7 Å². The molecule has 0 radical (unpaired) electrons. The normalized spacial score (nSPS) is 16.2. The molecule has 0 aromatic carbocycles. The van der Waals surface area contributed by atoms with Crippen molar-refractivity contribution in [3.05, 3.63) is 63.7 Å². The van der Waals surface area contributed by atoms with E-state index in [1.165, 1.54) is 43.0 Å². The minimum atomic E-state index is -1.07. The molecule has 1 unspecified atom stereocenters. The fourth-order valence-electron chi connectivity index (χ4n) is 3.10. The average Bonchev–Trinajstić information content (AvgIpc) is 3.55. The lowest BCUT2D eigenvalue weighted by Gasteiger charge is -2.21. The van der Waals surface area contributed by atoms with Crippen LogP contribution in [0.1, 0.15) is 38.4 Å². The molecule has 0 spiro atoms. The van der Waals surface area contributed by atoms with Gasteiger partial charge in [0, 0.05) is 23.8 Å². The molecule has 0 fully saturated rings. The van der Waals surface area contributed by atoms with Crippen molar-refractivity contribution in [3.63, 3.8) is 0 Å². The Hall–Kier alpha value is -2.63. The summed E-state index contributed by atoms with van der Waals surface area (Å²) in [5.41, 5.74) is 0.381. The SMILES string of the molecule is COC(=O)/C=C(/OC)[C@H](C)[C@H](/C=C/c1csc(-c2csc(C(C)(/C=C/C=C/C(C)C)OO)n2)n1)OC. The smallest absolute Gasteiger partial charge is 0.333 e. The third-order valence-corrected chi connectivity index (χ3v) is 7.19. The monoisotopic (exact) mass is 534 g/mol. The van der Waals surface area contributed by atoms with Crippen LogP contribution in [0.15, 0.2) is 53.0 Å². The Morgan fingerprint density at radius 2 is 1.81 bits per heavy atom. The van der Waals surface area contributed by atoms with Gasteiger partial charge in [0.15, 0.2) is 5.60 Å². The van der Waals surface area contributed by atoms with Crippen molar-refractivity contribution in [2.75, 3.05) is 21.3 Å². The molecule has 0 aliphatic rings. The molecule has 1 N–H and O–H groups in total. The van der Waals surface area contributed by atoms with E-state index in [0.717, 1.165) is 10.7 Å². The molecule has 8 nitrogen and oxygen atoms in total. The first-order valence-corrected chi connectivity index (χ1v) is 13.1. The van der Waals surface area contributed by atoms with E-state index in [4.69, 9.17) is 14.4 Å². The third-order valence-electron chi connectivity index (χ3n) is 5.25. The van der Waals surface area contributed by atoms with E-state index in [-0.39, 0.29) is 12.0 Å². The highest BCUT2D eigenvalue weighted by atomic mass is 32.1. The number of hydrogen-bond donors (Lipinski definition) is 1. The number of allylic oxidation sites excluding steroid dienone is 3. The van der Waals surface area contributed by atoms with E-state index in [1.54, 1.807) is 20.1 Å². The zero-order valence-electron chi connectivity index (χ0n) is 21.6. The highest BCUT2D eigenvalue weighted by molar-refractivity contribution is 7.14. The minimum Gasteiger partial charge on any atom is -0.500 e. The molecule has 36 heavy (non-hydrogen) atoms. The second-order valence-corrected chi connectivity index (χ2v) is 10.1. The van der Waals surface area contributed by atoms with Gasteiger partial charge in [0.25, 0.3) is 0 Å². The molecule has 0 aliphatic carbocycles. The van der Waals surface area contributed by atoms with Gasteiger partial charge in [-0.05, 0) is 25.0 Å². The van der Waals surface area contributed by atoms with Crippen molar-refractivity contribution in [3.8, 4) is 10.7 Å². The first-order chi connectivity index (χ1) is 17.2. The van der Waals surface area contributed by atoms with Gasteiger partial charge in [-0.25, -0.2) is 19.7 Å². The van der Waals surface area contributed by atoms with Crippen LogP contribution in [0, 0.1) is 11.8 Å². The Bertz CT molecular complexity index is 1100. The van der Waals surface area contributed by atoms with Crippen molar-refractivity contribution in [1.29, 1.82) is 0 Å². The lowest BCUT2D eigenvalue weighted by Crippen LogP contribution is -2.21. The molecule has 10 heteroatoms. The van der Waals surface area contributed by atoms with E-state index < -0.39 is 11.6 Å². The quantitative estimate of drug-likeness (QED) is 0.0821. The van der Waals surface area contributed by atoms with Gasteiger partial charge >= 0.3 is 5.97 Å². The molecule has 0 saturated heterocycles. The van der Waals surface area contributed by atoms with Crippen LogP contribution < -0.4 is 0 Å². The molecule has 0 amide bonds. The van der Waals surface area contributed by atoms with Crippen LogP contribution in [0.2, 0.25) is 0 Å². The van der Waals surface area contributed by atoms with E-state index in [0.29, 0.717) is 22.4 Å². The Kier molecular flexibility index (Phi) is 11.7. The summed E-state index contributed by atoms with van der Waals surface area (Å²) >= 11 is 2.85. The zero-order chi connectivity index (χ0) is 26.7. The van der Waals surface area contributed by atoms with Gasteiger partial charge < -0.3 is 14.2 Å². The fraction of sp³-hybridized carbons (Fsp3) is 0.423. The molecule has 2 aromatic heterocycles. The number of carbonyl (C=O) groups excluding carboxylic acids is 1. The number of rotatable bonds is 13. The lowest BCUT2D eigenvalue weighted by atomic mass is 10.0. The third kappa shape index (κ3) is 8.21. The lowest BCUT2D eigenvalue weighted by molar-refractivity contribution is -0.307. The number of thiazole rings is 2. The predicted molar refractivity (Wildman–Crippen MR) is 144 cm³/mol. The zero-order valence-corrected chi connectivity index (χ0v) is 23.3. The maximum atomic E-state index is 11.6. The van der Waals surface area contributed by atoms with Crippen molar-refractivity contribution < 1.29 is 29.1 Å². The first-order valence-electron chi connectivity index (χ1n) is 11.3. The number of hydrogen-bond acceptors (Lipinski definition) is 10. The second-order valence-electron chi connectivity index (χ2n) is 8.42. The van der Waals surface area contributed by atoms with Crippen LogP contribution in [0.25, 0.3) is 16.8 Å². The van der Waals surface area contributed by atoms with Crippen molar-refractivity contribution in [1.82, 2.24) is 9.97 Å². The molecule has 3 atom stereocenters. The molecular weight excluding hydrogens is 500 g/mol. The van der Waals surface area contributed by atoms with E-state index >= 15 is 0 Å². The van der Waals surface area contributed by atoms with Gasteiger partial charge in [-0.15, -0.1) is 22.7 Å². The highest BCUT2D eigenvalue weighted by Gasteiger charge is 2.29. The number of esters is 1. The minimum absolute atomic E-state index is 0.228. The Balaban J connectivity index is 2.18. The molecule has 0 bridgehead atoms. The van der Waals surface area contributed by atoms with Crippen LogP contribution in [-0.4, -0.2) is 48.6 Å². The van der Waals surface area contributed by atoms with Gasteiger partial charge in [0.1, 0.15) is 21.5 Å².